The van der Waals surface area contributed by atoms with Crippen LogP contribution in [-0.4, -0.2) is 37.5 Å². The van der Waals surface area contributed by atoms with Crippen molar-refractivity contribution in [1.82, 2.24) is 19.2 Å². The fourth-order valence-corrected chi connectivity index (χ4v) is 4.18. The molecule has 0 bridgehead atoms. The summed E-state index contributed by atoms with van der Waals surface area (Å²) in [7, 11) is 0. The number of fused-ring (bicyclic) bond motifs is 1. The fraction of sp³-hybridized carbons (Fsp3) is 0.478. The summed E-state index contributed by atoms with van der Waals surface area (Å²) in [4.78, 5) is 29.4. The predicted molar refractivity (Wildman–Crippen MR) is 115 cm³/mol. The van der Waals surface area contributed by atoms with Gasteiger partial charge in [0.2, 0.25) is 5.78 Å². The van der Waals surface area contributed by atoms with E-state index < -0.39 is 5.97 Å². The van der Waals surface area contributed by atoms with Gasteiger partial charge >= 0.3 is 5.97 Å². The fourth-order valence-electron chi connectivity index (χ4n) is 4.18. The van der Waals surface area contributed by atoms with Crippen LogP contribution in [0.3, 0.4) is 0 Å². The SMILES string of the molecule is Cc1cc2nc(C)c(CCC(=O)OCC(=O)c3cc(C)n(C(C)C)c3C)c(C)n2n1. The first-order chi connectivity index (χ1) is 14.1. The van der Waals surface area contributed by atoms with Crippen molar-refractivity contribution >= 4 is 17.4 Å². The molecule has 7 heteroatoms. The first-order valence-corrected chi connectivity index (χ1v) is 10.3. The number of aromatic nitrogens is 4. The van der Waals surface area contributed by atoms with E-state index in [2.05, 4.69) is 28.5 Å². The Morgan fingerprint density at radius 3 is 2.40 bits per heavy atom. The minimum absolute atomic E-state index is 0.175. The number of aryl methyl sites for hydroxylation is 4. The molecule has 0 saturated heterocycles. The number of esters is 1. The van der Waals surface area contributed by atoms with Crippen molar-refractivity contribution in [2.45, 2.75) is 67.3 Å². The lowest BCUT2D eigenvalue weighted by Crippen LogP contribution is -2.16. The van der Waals surface area contributed by atoms with Gasteiger partial charge in [0.15, 0.2) is 12.3 Å². The highest BCUT2D eigenvalue weighted by Crippen LogP contribution is 2.21. The van der Waals surface area contributed by atoms with Gasteiger partial charge in [-0.05, 0) is 66.5 Å². The third kappa shape index (κ3) is 4.15. The van der Waals surface area contributed by atoms with E-state index in [1.54, 1.807) is 4.52 Å². The minimum atomic E-state index is -0.392. The molecule has 160 valence electrons. The highest BCUT2D eigenvalue weighted by molar-refractivity contribution is 5.99. The Labute approximate surface area is 177 Å². The van der Waals surface area contributed by atoms with Crippen LogP contribution < -0.4 is 0 Å². The molecule has 0 spiro atoms. The van der Waals surface area contributed by atoms with Crippen LogP contribution in [0.1, 0.15) is 70.7 Å². The van der Waals surface area contributed by atoms with Crippen molar-refractivity contribution < 1.29 is 14.3 Å². The van der Waals surface area contributed by atoms with Crippen molar-refractivity contribution in [3.63, 3.8) is 0 Å². The van der Waals surface area contributed by atoms with Crippen LogP contribution in [0.2, 0.25) is 0 Å². The van der Waals surface area contributed by atoms with Crippen LogP contribution >= 0.6 is 0 Å². The number of carbonyl (C=O) groups excluding carboxylic acids is 2. The van der Waals surface area contributed by atoms with Gasteiger partial charge in [0, 0.05) is 46.9 Å². The molecule has 3 aromatic heterocycles. The summed E-state index contributed by atoms with van der Waals surface area (Å²) in [5, 5.41) is 4.46. The molecule has 0 N–H and O–H groups in total. The Morgan fingerprint density at radius 2 is 1.77 bits per heavy atom. The van der Waals surface area contributed by atoms with Crippen molar-refractivity contribution in [2.75, 3.05) is 6.61 Å². The molecule has 0 aliphatic heterocycles. The van der Waals surface area contributed by atoms with Gasteiger partial charge in [-0.25, -0.2) is 9.50 Å². The maximum absolute atomic E-state index is 12.6. The quantitative estimate of drug-likeness (QED) is 0.434. The molecule has 30 heavy (non-hydrogen) atoms. The van der Waals surface area contributed by atoms with Gasteiger partial charge in [0.25, 0.3) is 0 Å². The predicted octanol–water partition coefficient (Wildman–Crippen LogP) is 4.01. The van der Waals surface area contributed by atoms with Gasteiger partial charge in [-0.1, -0.05) is 0 Å². The van der Waals surface area contributed by atoms with Crippen LogP contribution in [0.5, 0.6) is 0 Å². The summed E-state index contributed by atoms with van der Waals surface area (Å²) in [6.07, 6.45) is 0.682. The van der Waals surface area contributed by atoms with Crippen molar-refractivity contribution in [3.8, 4) is 0 Å². The van der Waals surface area contributed by atoms with Crippen molar-refractivity contribution in [3.05, 3.63) is 51.7 Å². The summed E-state index contributed by atoms with van der Waals surface area (Å²) in [5.41, 5.74) is 7.08. The van der Waals surface area contributed by atoms with E-state index in [4.69, 9.17) is 4.74 Å². The van der Waals surface area contributed by atoms with E-state index >= 15 is 0 Å². The minimum Gasteiger partial charge on any atom is -0.457 e. The summed E-state index contributed by atoms with van der Waals surface area (Å²) >= 11 is 0. The lowest BCUT2D eigenvalue weighted by Gasteiger charge is -2.13. The number of hydrogen-bond donors (Lipinski definition) is 0. The number of carbonyl (C=O) groups is 2. The number of rotatable bonds is 7. The number of ketones is 1. The smallest absolute Gasteiger partial charge is 0.306 e. The van der Waals surface area contributed by atoms with E-state index in [1.165, 1.54) is 0 Å². The van der Waals surface area contributed by atoms with Gasteiger partial charge in [-0.15, -0.1) is 0 Å². The van der Waals surface area contributed by atoms with Crippen LogP contribution in [0, 0.1) is 34.6 Å². The van der Waals surface area contributed by atoms with Crippen LogP contribution in [0.15, 0.2) is 12.1 Å². The largest absolute Gasteiger partial charge is 0.457 e. The van der Waals surface area contributed by atoms with E-state index in [0.29, 0.717) is 12.0 Å². The molecule has 0 saturated carbocycles. The molecule has 7 nitrogen and oxygen atoms in total. The average molecular weight is 411 g/mol. The molecule has 0 aromatic carbocycles. The van der Waals surface area contributed by atoms with Gasteiger partial charge < -0.3 is 9.30 Å². The van der Waals surface area contributed by atoms with E-state index in [1.807, 2.05) is 46.8 Å². The molecule has 3 heterocycles. The highest BCUT2D eigenvalue weighted by atomic mass is 16.5. The van der Waals surface area contributed by atoms with Gasteiger partial charge in [0.05, 0.1) is 5.69 Å². The first-order valence-electron chi connectivity index (χ1n) is 10.3. The molecule has 0 unspecified atom stereocenters. The summed E-state index contributed by atoms with van der Waals surface area (Å²) in [6.45, 7) is 13.7. The molecule has 0 radical (unpaired) electrons. The molecule has 0 atom stereocenters. The maximum Gasteiger partial charge on any atom is 0.306 e. The summed E-state index contributed by atoms with van der Waals surface area (Å²) < 4.78 is 9.19. The zero-order valence-electron chi connectivity index (χ0n) is 18.9. The standard InChI is InChI=1S/C23H30N4O3/c1-13(2)26-15(4)11-20(17(26)6)21(28)12-30-23(29)9-8-19-16(5)24-22-10-14(3)25-27(22)18(19)7/h10-11,13H,8-9,12H2,1-7H3. The Balaban J connectivity index is 1.63. The van der Waals surface area contributed by atoms with E-state index in [9.17, 15) is 9.59 Å². The number of Topliss-reactive ketones (excluding diaryl/α,β-unsaturated/α-hetero) is 1. The Kier molecular flexibility index (Phi) is 6.10. The lowest BCUT2D eigenvalue weighted by atomic mass is 10.1. The molecule has 3 rings (SSSR count). The third-order valence-electron chi connectivity index (χ3n) is 5.53. The maximum atomic E-state index is 12.6. The molecular weight excluding hydrogens is 380 g/mol. The first kappa shape index (κ1) is 21.7. The monoisotopic (exact) mass is 410 g/mol. The highest BCUT2D eigenvalue weighted by Gasteiger charge is 2.19. The van der Waals surface area contributed by atoms with Crippen molar-refractivity contribution in [2.24, 2.45) is 0 Å². The van der Waals surface area contributed by atoms with Gasteiger partial charge in [-0.3, -0.25) is 9.59 Å². The van der Waals surface area contributed by atoms with E-state index in [-0.39, 0.29) is 24.9 Å². The average Bonchev–Trinajstić information content (AvgIpc) is 3.18. The summed E-state index contributed by atoms with van der Waals surface area (Å²) in [6, 6.07) is 4.07. The lowest BCUT2D eigenvalue weighted by molar-refractivity contribution is -0.142. The summed E-state index contributed by atoms with van der Waals surface area (Å²) in [5.74, 6) is -0.567. The second-order valence-corrected chi connectivity index (χ2v) is 8.15. The second-order valence-electron chi connectivity index (χ2n) is 8.15. The number of nitrogens with zero attached hydrogens (tertiary/aromatic N) is 4. The van der Waals surface area contributed by atoms with Gasteiger partial charge in [0.1, 0.15) is 0 Å². The molecular formula is C23H30N4O3. The topological polar surface area (TPSA) is 78.5 Å². The van der Waals surface area contributed by atoms with E-state index in [0.717, 1.165) is 39.7 Å². The van der Waals surface area contributed by atoms with Crippen LogP contribution in [0.4, 0.5) is 0 Å². The third-order valence-corrected chi connectivity index (χ3v) is 5.53. The van der Waals surface area contributed by atoms with Gasteiger partial charge in [-0.2, -0.15) is 5.10 Å². The second kappa shape index (κ2) is 8.42. The van der Waals surface area contributed by atoms with Crippen molar-refractivity contribution in [1.29, 1.82) is 0 Å². The Bertz CT molecular complexity index is 1120. The Hall–Kier alpha value is -2.96. The molecule has 0 fully saturated rings. The Morgan fingerprint density at radius 1 is 1.07 bits per heavy atom. The zero-order valence-corrected chi connectivity index (χ0v) is 18.9. The van der Waals surface area contributed by atoms with Crippen LogP contribution in [0.25, 0.3) is 5.65 Å². The molecule has 0 amide bonds. The molecule has 0 aliphatic rings. The zero-order chi connectivity index (χ0) is 22.2. The molecule has 3 aromatic rings. The molecule has 0 aliphatic carbocycles. The number of hydrogen-bond acceptors (Lipinski definition) is 5. The number of ether oxygens (including phenoxy) is 1. The van der Waals surface area contributed by atoms with Crippen LogP contribution in [-0.2, 0) is 16.0 Å². The normalized spacial score (nSPS) is 11.5.